The normalized spacial score (nSPS) is 22.2. The monoisotopic (exact) mass is 268 g/mol. The minimum atomic E-state index is -0.816. The standard InChI is InChI=1S/C14H18F2N2O/c15-11-8-10(14(17)2-1-3-14)13(9-12(11)16)18-4-6-19-7-5-18/h8-9H,1-7,17H2. The number of hydrogen-bond acceptors (Lipinski definition) is 3. The molecule has 1 saturated carbocycles. The molecule has 2 fully saturated rings. The second-order valence-electron chi connectivity index (χ2n) is 5.39. The highest BCUT2D eigenvalue weighted by molar-refractivity contribution is 5.58. The molecule has 0 bridgehead atoms. The highest BCUT2D eigenvalue weighted by Gasteiger charge is 2.38. The number of nitrogens with zero attached hydrogens (tertiary/aromatic N) is 1. The highest BCUT2D eigenvalue weighted by Crippen LogP contribution is 2.43. The minimum Gasteiger partial charge on any atom is -0.378 e. The van der Waals surface area contributed by atoms with Crippen molar-refractivity contribution in [3.8, 4) is 0 Å². The maximum atomic E-state index is 13.6. The molecule has 5 heteroatoms. The van der Waals surface area contributed by atoms with Gasteiger partial charge in [0.25, 0.3) is 0 Å². The smallest absolute Gasteiger partial charge is 0.160 e. The van der Waals surface area contributed by atoms with Crippen LogP contribution in [0.5, 0.6) is 0 Å². The van der Waals surface area contributed by atoms with Crippen LogP contribution in [0.4, 0.5) is 14.5 Å². The van der Waals surface area contributed by atoms with E-state index in [0.717, 1.165) is 30.5 Å². The first-order valence-corrected chi connectivity index (χ1v) is 6.71. The molecule has 1 saturated heterocycles. The Balaban J connectivity index is 2.02. The van der Waals surface area contributed by atoms with Crippen molar-refractivity contribution in [2.45, 2.75) is 24.8 Å². The topological polar surface area (TPSA) is 38.5 Å². The molecule has 1 aromatic rings. The summed E-state index contributed by atoms with van der Waals surface area (Å²) in [6, 6.07) is 2.56. The van der Waals surface area contributed by atoms with Gasteiger partial charge in [-0.15, -0.1) is 0 Å². The van der Waals surface area contributed by atoms with Crippen LogP contribution < -0.4 is 10.6 Å². The lowest BCUT2D eigenvalue weighted by molar-refractivity contribution is 0.122. The van der Waals surface area contributed by atoms with Gasteiger partial charge < -0.3 is 15.4 Å². The summed E-state index contributed by atoms with van der Waals surface area (Å²) >= 11 is 0. The fourth-order valence-corrected chi connectivity index (χ4v) is 2.83. The Morgan fingerprint density at radius 1 is 1.11 bits per heavy atom. The van der Waals surface area contributed by atoms with E-state index in [1.165, 1.54) is 12.1 Å². The Hall–Kier alpha value is -1.20. The molecule has 0 radical (unpaired) electrons. The number of hydrogen-bond donors (Lipinski definition) is 1. The van der Waals surface area contributed by atoms with E-state index in [-0.39, 0.29) is 0 Å². The number of halogens is 2. The maximum Gasteiger partial charge on any atom is 0.160 e. The van der Waals surface area contributed by atoms with Crippen LogP contribution in [0, 0.1) is 11.6 Å². The van der Waals surface area contributed by atoms with E-state index in [1.54, 1.807) is 0 Å². The largest absolute Gasteiger partial charge is 0.378 e. The summed E-state index contributed by atoms with van der Waals surface area (Å²) < 4.78 is 32.4. The third-order valence-corrected chi connectivity index (χ3v) is 4.17. The van der Waals surface area contributed by atoms with Crippen molar-refractivity contribution in [2.24, 2.45) is 5.73 Å². The molecule has 104 valence electrons. The molecule has 0 aromatic heterocycles. The second kappa shape index (κ2) is 4.72. The van der Waals surface area contributed by atoms with Crippen LogP contribution in [-0.4, -0.2) is 26.3 Å². The van der Waals surface area contributed by atoms with Gasteiger partial charge in [0.2, 0.25) is 0 Å². The zero-order chi connectivity index (χ0) is 13.5. The Morgan fingerprint density at radius 3 is 2.32 bits per heavy atom. The van der Waals surface area contributed by atoms with Crippen molar-refractivity contribution >= 4 is 5.69 Å². The third-order valence-electron chi connectivity index (χ3n) is 4.17. The van der Waals surface area contributed by atoms with Crippen LogP contribution in [-0.2, 0) is 10.3 Å². The average Bonchev–Trinajstić information content (AvgIpc) is 2.40. The van der Waals surface area contributed by atoms with Gasteiger partial charge in [-0.25, -0.2) is 8.78 Å². The van der Waals surface area contributed by atoms with Crippen molar-refractivity contribution in [1.29, 1.82) is 0 Å². The van der Waals surface area contributed by atoms with E-state index >= 15 is 0 Å². The van der Waals surface area contributed by atoms with Crippen LogP contribution in [0.15, 0.2) is 12.1 Å². The molecule has 1 aromatic carbocycles. The van der Waals surface area contributed by atoms with Crippen molar-refractivity contribution in [2.75, 3.05) is 31.2 Å². The first-order chi connectivity index (χ1) is 9.10. The Labute approximate surface area is 111 Å². The predicted octanol–water partition coefficient (Wildman–Crippen LogP) is 2.14. The number of ether oxygens (including phenoxy) is 1. The summed E-state index contributed by atoms with van der Waals surface area (Å²) in [5.41, 5.74) is 7.27. The van der Waals surface area contributed by atoms with Crippen molar-refractivity contribution in [1.82, 2.24) is 0 Å². The fraction of sp³-hybridized carbons (Fsp3) is 0.571. The zero-order valence-corrected chi connectivity index (χ0v) is 10.8. The number of benzene rings is 1. The van der Waals surface area contributed by atoms with Gasteiger partial charge in [0.15, 0.2) is 11.6 Å². The summed E-state index contributed by atoms with van der Waals surface area (Å²) in [4.78, 5) is 2.04. The van der Waals surface area contributed by atoms with Gasteiger partial charge >= 0.3 is 0 Å². The Bertz CT molecular complexity index is 483. The summed E-state index contributed by atoms with van der Waals surface area (Å²) in [5, 5.41) is 0. The SMILES string of the molecule is NC1(c2cc(F)c(F)cc2N2CCOCC2)CCC1. The fourth-order valence-electron chi connectivity index (χ4n) is 2.83. The van der Waals surface area contributed by atoms with Gasteiger partial charge in [-0.1, -0.05) is 0 Å². The quantitative estimate of drug-likeness (QED) is 0.893. The molecule has 1 aliphatic heterocycles. The number of morpholine rings is 1. The molecule has 19 heavy (non-hydrogen) atoms. The lowest BCUT2D eigenvalue weighted by Crippen LogP contribution is -2.46. The predicted molar refractivity (Wildman–Crippen MR) is 69.1 cm³/mol. The minimum absolute atomic E-state index is 0.498. The molecule has 1 aliphatic carbocycles. The van der Waals surface area contributed by atoms with Crippen LogP contribution in [0.3, 0.4) is 0 Å². The molecule has 0 spiro atoms. The molecule has 0 atom stereocenters. The van der Waals surface area contributed by atoms with Gasteiger partial charge in [0, 0.05) is 30.4 Å². The van der Waals surface area contributed by atoms with Crippen molar-refractivity contribution < 1.29 is 13.5 Å². The molecular formula is C14H18F2N2O. The van der Waals surface area contributed by atoms with E-state index in [2.05, 4.69) is 0 Å². The molecule has 2 N–H and O–H groups in total. The molecule has 2 aliphatic rings. The number of nitrogens with two attached hydrogens (primary N) is 1. The molecule has 3 nitrogen and oxygen atoms in total. The number of rotatable bonds is 2. The number of anilines is 1. The van der Waals surface area contributed by atoms with Crippen LogP contribution in [0.25, 0.3) is 0 Å². The van der Waals surface area contributed by atoms with Gasteiger partial charge in [0.1, 0.15) is 0 Å². The molecule has 3 rings (SSSR count). The van der Waals surface area contributed by atoms with Gasteiger partial charge in [-0.3, -0.25) is 0 Å². The van der Waals surface area contributed by atoms with Crippen molar-refractivity contribution in [3.05, 3.63) is 29.3 Å². The molecule has 0 unspecified atom stereocenters. The molecule has 1 heterocycles. The van der Waals surface area contributed by atoms with Crippen LogP contribution in [0.2, 0.25) is 0 Å². The highest BCUT2D eigenvalue weighted by atomic mass is 19.2. The van der Waals surface area contributed by atoms with E-state index in [9.17, 15) is 8.78 Å². The van der Waals surface area contributed by atoms with Crippen LogP contribution >= 0.6 is 0 Å². The Kier molecular flexibility index (Phi) is 3.19. The van der Waals surface area contributed by atoms with Crippen LogP contribution in [0.1, 0.15) is 24.8 Å². The van der Waals surface area contributed by atoms with E-state index in [4.69, 9.17) is 10.5 Å². The summed E-state index contributed by atoms with van der Waals surface area (Å²) in [5.74, 6) is -1.63. The lowest BCUT2D eigenvalue weighted by atomic mass is 9.72. The average molecular weight is 268 g/mol. The van der Waals surface area contributed by atoms with E-state index in [1.807, 2.05) is 4.90 Å². The summed E-state index contributed by atoms with van der Waals surface area (Å²) in [7, 11) is 0. The zero-order valence-electron chi connectivity index (χ0n) is 10.8. The first kappa shape index (κ1) is 12.8. The maximum absolute atomic E-state index is 13.6. The Morgan fingerprint density at radius 2 is 1.74 bits per heavy atom. The van der Waals surface area contributed by atoms with Gasteiger partial charge in [0.05, 0.1) is 13.2 Å². The summed E-state index contributed by atoms with van der Waals surface area (Å²) in [6.07, 6.45) is 2.70. The molecule has 0 amide bonds. The van der Waals surface area contributed by atoms with Crippen molar-refractivity contribution in [3.63, 3.8) is 0 Å². The van der Waals surface area contributed by atoms with Gasteiger partial charge in [-0.2, -0.15) is 0 Å². The summed E-state index contributed by atoms with van der Waals surface area (Å²) in [6.45, 7) is 2.59. The lowest BCUT2D eigenvalue weighted by Gasteiger charge is -2.42. The van der Waals surface area contributed by atoms with E-state index < -0.39 is 17.2 Å². The van der Waals surface area contributed by atoms with E-state index in [0.29, 0.717) is 26.3 Å². The third kappa shape index (κ3) is 2.21. The van der Waals surface area contributed by atoms with Gasteiger partial charge in [-0.05, 0) is 30.9 Å². The second-order valence-corrected chi connectivity index (χ2v) is 5.39. The first-order valence-electron chi connectivity index (χ1n) is 6.71. The molecular weight excluding hydrogens is 250 g/mol.